The Bertz CT molecular complexity index is 811. The summed E-state index contributed by atoms with van der Waals surface area (Å²) in [4.78, 5) is 8.68. The maximum Gasteiger partial charge on any atom is 0.254 e. The first-order valence-electron chi connectivity index (χ1n) is 6.62. The molecule has 1 N–H and O–H groups in total. The van der Waals surface area contributed by atoms with Crippen LogP contribution in [0.3, 0.4) is 0 Å². The molecule has 0 aliphatic heterocycles. The Labute approximate surface area is 137 Å². The van der Waals surface area contributed by atoms with Crippen LogP contribution in [-0.2, 0) is 0 Å². The molecule has 0 amide bonds. The summed E-state index contributed by atoms with van der Waals surface area (Å²) in [6, 6.07) is 10.9. The average Bonchev–Trinajstić information content (AvgIpc) is 2.80. The van der Waals surface area contributed by atoms with Gasteiger partial charge in [0.15, 0.2) is 0 Å². The molecule has 0 bridgehead atoms. The molecular weight excluding hydrogens is 321 g/mol. The van der Waals surface area contributed by atoms with Crippen LogP contribution in [0, 0.1) is 13.8 Å². The topological polar surface area (TPSA) is 55.6 Å². The predicted octanol–water partition coefficient (Wildman–Crippen LogP) is 4.33. The minimum absolute atomic E-state index is 0.342. The van der Waals surface area contributed by atoms with Crippen LogP contribution in [-0.4, -0.2) is 19.7 Å². The Morgan fingerprint density at radius 1 is 1.00 bits per heavy atom. The molecule has 5 nitrogen and oxygen atoms in total. The zero-order valence-corrected chi connectivity index (χ0v) is 13.5. The van der Waals surface area contributed by atoms with Gasteiger partial charge in [-0.3, -0.25) is 0 Å². The molecule has 2 heterocycles. The molecule has 0 aliphatic rings. The summed E-state index contributed by atoms with van der Waals surface area (Å²) in [6.07, 6.45) is 0. The third-order valence-electron chi connectivity index (χ3n) is 3.00. The summed E-state index contributed by atoms with van der Waals surface area (Å²) in [7, 11) is 0. The smallest absolute Gasteiger partial charge is 0.254 e. The van der Waals surface area contributed by atoms with Gasteiger partial charge in [-0.15, -0.1) is 0 Å². The van der Waals surface area contributed by atoms with Crippen molar-refractivity contribution in [3.8, 4) is 5.95 Å². The van der Waals surface area contributed by atoms with Crippen molar-refractivity contribution in [2.75, 3.05) is 5.32 Å². The number of hydrogen-bond acceptors (Lipinski definition) is 4. The van der Waals surface area contributed by atoms with Gasteiger partial charge >= 0.3 is 0 Å². The van der Waals surface area contributed by atoms with Crippen molar-refractivity contribution in [3.63, 3.8) is 0 Å². The van der Waals surface area contributed by atoms with E-state index < -0.39 is 0 Å². The molecule has 0 aliphatic carbocycles. The quantitative estimate of drug-likeness (QED) is 0.725. The highest BCUT2D eigenvalue weighted by Crippen LogP contribution is 2.21. The van der Waals surface area contributed by atoms with Crippen molar-refractivity contribution < 1.29 is 0 Å². The zero-order valence-electron chi connectivity index (χ0n) is 12.0. The molecule has 22 heavy (non-hydrogen) atoms. The SMILES string of the molecule is Cc1cc(C)n(-c2nc(Cl)cc(Nc3ccc(Cl)cc3)n2)n1. The normalized spacial score (nSPS) is 10.7. The van der Waals surface area contributed by atoms with Gasteiger partial charge in [-0.05, 0) is 44.2 Å². The van der Waals surface area contributed by atoms with E-state index >= 15 is 0 Å². The minimum Gasteiger partial charge on any atom is -0.340 e. The standard InChI is InChI=1S/C15H13Cl2N5/c1-9-7-10(2)22(21-9)15-19-13(17)8-14(20-15)18-12-5-3-11(16)4-6-12/h3-8H,1-2H3,(H,18,19,20). The fourth-order valence-electron chi connectivity index (χ4n) is 2.08. The van der Waals surface area contributed by atoms with Gasteiger partial charge in [0.05, 0.1) is 5.69 Å². The van der Waals surface area contributed by atoms with Gasteiger partial charge in [0, 0.05) is 22.5 Å². The summed E-state index contributed by atoms with van der Waals surface area (Å²) < 4.78 is 1.66. The molecule has 7 heteroatoms. The second kappa shape index (κ2) is 5.94. The molecule has 2 aromatic heterocycles. The minimum atomic E-state index is 0.342. The molecule has 0 atom stereocenters. The monoisotopic (exact) mass is 333 g/mol. The van der Waals surface area contributed by atoms with Crippen LogP contribution in [0.1, 0.15) is 11.4 Å². The molecule has 1 aromatic carbocycles. The molecule has 0 spiro atoms. The maximum absolute atomic E-state index is 6.10. The molecule has 0 fully saturated rings. The van der Waals surface area contributed by atoms with E-state index in [1.165, 1.54) is 0 Å². The second-order valence-corrected chi connectivity index (χ2v) is 5.67. The highest BCUT2D eigenvalue weighted by Gasteiger charge is 2.10. The first-order chi connectivity index (χ1) is 10.5. The number of benzene rings is 1. The summed E-state index contributed by atoms with van der Waals surface area (Å²) in [5.41, 5.74) is 2.70. The van der Waals surface area contributed by atoms with Crippen LogP contribution in [0.4, 0.5) is 11.5 Å². The molecule has 0 saturated carbocycles. The van der Waals surface area contributed by atoms with E-state index in [0.717, 1.165) is 17.1 Å². The largest absolute Gasteiger partial charge is 0.340 e. The molecule has 112 valence electrons. The van der Waals surface area contributed by atoms with E-state index in [2.05, 4.69) is 20.4 Å². The Hall–Kier alpha value is -2.11. The summed E-state index contributed by atoms with van der Waals surface area (Å²) in [6.45, 7) is 3.86. The van der Waals surface area contributed by atoms with E-state index in [9.17, 15) is 0 Å². The van der Waals surface area contributed by atoms with Crippen LogP contribution in [0.5, 0.6) is 0 Å². The number of hydrogen-bond donors (Lipinski definition) is 1. The maximum atomic E-state index is 6.10. The van der Waals surface area contributed by atoms with Gasteiger partial charge < -0.3 is 5.32 Å². The number of nitrogens with zero attached hydrogens (tertiary/aromatic N) is 4. The van der Waals surface area contributed by atoms with Crippen molar-refractivity contribution in [1.82, 2.24) is 19.7 Å². The number of aromatic nitrogens is 4. The third-order valence-corrected chi connectivity index (χ3v) is 3.44. The number of halogens is 2. The molecule has 0 radical (unpaired) electrons. The van der Waals surface area contributed by atoms with E-state index in [-0.39, 0.29) is 0 Å². The Kier molecular flexibility index (Phi) is 4.00. The van der Waals surface area contributed by atoms with Gasteiger partial charge in [0.1, 0.15) is 11.0 Å². The highest BCUT2D eigenvalue weighted by atomic mass is 35.5. The molecule has 0 unspecified atom stereocenters. The van der Waals surface area contributed by atoms with Crippen molar-refractivity contribution >= 4 is 34.7 Å². The van der Waals surface area contributed by atoms with E-state index in [1.54, 1.807) is 22.9 Å². The lowest BCUT2D eigenvalue weighted by molar-refractivity contribution is 0.775. The summed E-state index contributed by atoms with van der Waals surface area (Å²) in [5.74, 6) is 1.01. The van der Waals surface area contributed by atoms with Gasteiger partial charge in [-0.1, -0.05) is 23.2 Å². The molecule has 0 saturated heterocycles. The summed E-state index contributed by atoms with van der Waals surface area (Å²) >= 11 is 12.0. The lowest BCUT2D eigenvalue weighted by Crippen LogP contribution is -2.07. The van der Waals surface area contributed by atoms with Crippen molar-refractivity contribution in [2.45, 2.75) is 13.8 Å². The van der Waals surface area contributed by atoms with E-state index in [0.29, 0.717) is 21.9 Å². The predicted molar refractivity (Wildman–Crippen MR) is 88.4 cm³/mol. The van der Waals surface area contributed by atoms with Gasteiger partial charge in [0.2, 0.25) is 0 Å². The fraction of sp³-hybridized carbons (Fsp3) is 0.133. The van der Waals surface area contributed by atoms with E-state index in [4.69, 9.17) is 23.2 Å². The van der Waals surface area contributed by atoms with Gasteiger partial charge in [-0.2, -0.15) is 15.1 Å². The molecule has 3 rings (SSSR count). The Balaban J connectivity index is 1.96. The van der Waals surface area contributed by atoms with Crippen LogP contribution in [0.15, 0.2) is 36.4 Å². The van der Waals surface area contributed by atoms with Crippen molar-refractivity contribution in [2.24, 2.45) is 0 Å². The number of nitrogens with one attached hydrogen (secondary N) is 1. The van der Waals surface area contributed by atoms with Gasteiger partial charge in [0.25, 0.3) is 5.95 Å². The van der Waals surface area contributed by atoms with Gasteiger partial charge in [-0.25, -0.2) is 4.68 Å². The third kappa shape index (κ3) is 3.21. The fourth-order valence-corrected chi connectivity index (χ4v) is 2.38. The molecular formula is C15H13Cl2N5. The van der Waals surface area contributed by atoms with Crippen LogP contribution < -0.4 is 5.32 Å². The highest BCUT2D eigenvalue weighted by molar-refractivity contribution is 6.30. The first kappa shape index (κ1) is 14.8. The average molecular weight is 334 g/mol. The van der Waals surface area contributed by atoms with Crippen LogP contribution in [0.2, 0.25) is 10.2 Å². The second-order valence-electron chi connectivity index (χ2n) is 4.85. The van der Waals surface area contributed by atoms with E-state index in [1.807, 2.05) is 32.0 Å². The number of aryl methyl sites for hydroxylation is 2. The number of rotatable bonds is 3. The lowest BCUT2D eigenvalue weighted by atomic mass is 10.3. The van der Waals surface area contributed by atoms with Crippen molar-refractivity contribution in [1.29, 1.82) is 0 Å². The molecule has 3 aromatic rings. The first-order valence-corrected chi connectivity index (χ1v) is 7.38. The number of anilines is 2. The lowest BCUT2D eigenvalue weighted by Gasteiger charge is -2.09. The zero-order chi connectivity index (χ0) is 15.7. The summed E-state index contributed by atoms with van der Waals surface area (Å²) in [5, 5.41) is 8.56. The Morgan fingerprint density at radius 2 is 1.73 bits per heavy atom. The van der Waals surface area contributed by atoms with Crippen LogP contribution in [0.25, 0.3) is 5.95 Å². The Morgan fingerprint density at radius 3 is 2.36 bits per heavy atom. The van der Waals surface area contributed by atoms with Crippen molar-refractivity contribution in [3.05, 3.63) is 58.0 Å². The van der Waals surface area contributed by atoms with Crippen LogP contribution >= 0.6 is 23.2 Å².